The van der Waals surface area contributed by atoms with E-state index < -0.39 is 54.6 Å². The van der Waals surface area contributed by atoms with Crippen LogP contribution in [0.3, 0.4) is 0 Å². The second-order valence-electron chi connectivity index (χ2n) is 13.7. The molecule has 0 aliphatic rings. The van der Waals surface area contributed by atoms with Crippen molar-refractivity contribution in [2.24, 2.45) is 11.5 Å². The molecule has 57 heavy (non-hydrogen) atoms. The number of hydrogen-bond donors (Lipinski definition) is 4. The van der Waals surface area contributed by atoms with Crippen LogP contribution < -0.4 is 36.9 Å². The number of rotatable bonds is 14. The van der Waals surface area contributed by atoms with Crippen molar-refractivity contribution in [2.45, 2.75) is 40.5 Å². The first-order valence-corrected chi connectivity index (χ1v) is 20.6. The fourth-order valence-corrected chi connectivity index (χ4v) is 8.37. The number of nitrogens with two attached hydrogens (primary N) is 2. The fraction of sp³-hybridized carbons (Fsp3) is 0.200. The number of sulfonamides is 2. The van der Waals surface area contributed by atoms with Crippen molar-refractivity contribution in [3.63, 3.8) is 0 Å². The topological polar surface area (TPSA) is 248 Å². The van der Waals surface area contributed by atoms with Gasteiger partial charge in [0.1, 0.15) is 34.2 Å². The Balaban J connectivity index is 1.25. The van der Waals surface area contributed by atoms with Crippen molar-refractivity contribution >= 4 is 65.2 Å². The Hall–Kier alpha value is -6.46. The van der Waals surface area contributed by atoms with E-state index >= 15 is 0 Å². The van der Waals surface area contributed by atoms with Crippen molar-refractivity contribution in [3.05, 3.63) is 138 Å². The highest BCUT2D eigenvalue weighted by molar-refractivity contribution is 7.93. The Kier molecular flexibility index (Phi) is 11.0. The molecule has 2 amide bonds. The zero-order valence-electron chi connectivity index (χ0n) is 31.2. The summed E-state index contributed by atoms with van der Waals surface area (Å²) in [6, 6.07) is 19.8. The standard InChI is InChI=1S/C40H38N4O11S2/c1-21-11-29-23(3)31(15-25-7-5-9-27(13-25)43-56(49,50)19-37(41)45)39(47)54-35(29)17-33(21)53-34-18-36-30(12-22(34)2)24(4)32(40(48)55-36)16-26-8-6-10-28(14-26)44-57(51,52)20-38(42)46/h5-14,17-18,43-44H,15-16,19-20H2,1-4H3,(H2,41,45)(H2,42,46). The molecular formula is C40H38N4O11S2. The molecule has 6 N–H and O–H groups in total. The summed E-state index contributed by atoms with van der Waals surface area (Å²) in [6.45, 7) is 7.27. The lowest BCUT2D eigenvalue weighted by molar-refractivity contribution is -0.116. The lowest BCUT2D eigenvalue weighted by Gasteiger charge is -2.15. The highest BCUT2D eigenvalue weighted by Crippen LogP contribution is 2.36. The maximum absolute atomic E-state index is 13.3. The number of carbonyl (C=O) groups excluding carboxylic acids is 2. The average Bonchev–Trinajstić information content (AvgIpc) is 3.09. The molecule has 0 spiro atoms. The minimum Gasteiger partial charge on any atom is -0.457 e. The molecule has 4 aromatic carbocycles. The van der Waals surface area contributed by atoms with E-state index in [2.05, 4.69) is 9.44 Å². The zero-order chi connectivity index (χ0) is 41.4. The third kappa shape index (κ3) is 9.33. The molecule has 0 bridgehead atoms. The average molecular weight is 815 g/mol. The minimum atomic E-state index is -4.00. The largest absolute Gasteiger partial charge is 0.457 e. The summed E-state index contributed by atoms with van der Waals surface area (Å²) in [5.41, 5.74) is 14.7. The predicted molar refractivity (Wildman–Crippen MR) is 216 cm³/mol. The first kappa shape index (κ1) is 40.2. The van der Waals surface area contributed by atoms with E-state index in [-0.39, 0.29) is 35.4 Å². The maximum atomic E-state index is 13.3. The van der Waals surface area contributed by atoms with E-state index in [1.165, 1.54) is 12.1 Å². The first-order chi connectivity index (χ1) is 26.8. The summed E-state index contributed by atoms with van der Waals surface area (Å²) in [4.78, 5) is 48.9. The molecule has 0 fully saturated rings. The Morgan fingerprint density at radius 1 is 0.614 bits per heavy atom. The van der Waals surface area contributed by atoms with Gasteiger partial charge in [0.25, 0.3) is 0 Å². The van der Waals surface area contributed by atoms with Gasteiger partial charge in [0.15, 0.2) is 0 Å². The second-order valence-corrected chi connectivity index (χ2v) is 17.2. The van der Waals surface area contributed by atoms with Crippen LogP contribution >= 0.6 is 0 Å². The van der Waals surface area contributed by atoms with Gasteiger partial charge in [0.05, 0.1) is 0 Å². The lowest BCUT2D eigenvalue weighted by Crippen LogP contribution is -2.27. The van der Waals surface area contributed by atoms with Gasteiger partial charge in [-0.25, -0.2) is 26.4 Å². The van der Waals surface area contributed by atoms with Crippen molar-refractivity contribution in [1.29, 1.82) is 0 Å². The number of anilines is 2. The molecule has 6 rings (SSSR count). The third-order valence-electron chi connectivity index (χ3n) is 9.21. The van der Waals surface area contributed by atoms with E-state index in [4.69, 9.17) is 25.0 Å². The van der Waals surface area contributed by atoms with E-state index in [9.17, 15) is 36.0 Å². The second kappa shape index (κ2) is 15.6. The summed E-state index contributed by atoms with van der Waals surface area (Å²) < 4.78 is 71.3. The van der Waals surface area contributed by atoms with Crippen molar-refractivity contribution in [2.75, 3.05) is 20.9 Å². The molecule has 17 heteroatoms. The first-order valence-electron chi connectivity index (χ1n) is 17.3. The number of aryl methyl sites for hydroxylation is 4. The Morgan fingerprint density at radius 3 is 1.37 bits per heavy atom. The Labute approximate surface area is 326 Å². The molecule has 2 aromatic heterocycles. The van der Waals surface area contributed by atoms with Gasteiger partial charge < -0.3 is 25.0 Å². The normalized spacial score (nSPS) is 11.8. The summed E-state index contributed by atoms with van der Waals surface area (Å²) in [6.07, 6.45) is 0.281. The van der Waals surface area contributed by atoms with Crippen LogP contribution in [0.2, 0.25) is 0 Å². The van der Waals surface area contributed by atoms with E-state index in [1.807, 2.05) is 26.0 Å². The Morgan fingerprint density at radius 2 is 1.00 bits per heavy atom. The van der Waals surface area contributed by atoms with Crippen molar-refractivity contribution in [1.82, 2.24) is 0 Å². The van der Waals surface area contributed by atoms with Gasteiger partial charge in [-0.2, -0.15) is 0 Å². The molecule has 0 aliphatic carbocycles. The number of fused-ring (bicyclic) bond motifs is 2. The number of nitrogens with one attached hydrogen (secondary N) is 2. The molecule has 0 saturated carbocycles. The number of hydrogen-bond acceptors (Lipinski definition) is 11. The van der Waals surface area contributed by atoms with Gasteiger partial charge in [-0.15, -0.1) is 0 Å². The van der Waals surface area contributed by atoms with E-state index in [0.717, 1.165) is 11.1 Å². The summed E-state index contributed by atoms with van der Waals surface area (Å²) in [5, 5.41) is 1.34. The van der Waals surface area contributed by atoms with E-state index in [1.54, 1.807) is 62.4 Å². The third-order valence-corrected chi connectivity index (χ3v) is 11.6. The molecule has 6 aromatic rings. The van der Waals surface area contributed by atoms with Gasteiger partial charge >= 0.3 is 11.3 Å². The van der Waals surface area contributed by atoms with Crippen LogP contribution in [0, 0.1) is 27.7 Å². The van der Waals surface area contributed by atoms with Gasteiger partial charge in [-0.1, -0.05) is 24.3 Å². The van der Waals surface area contributed by atoms with Crippen LogP contribution in [-0.4, -0.2) is 40.2 Å². The van der Waals surface area contributed by atoms with Crippen LogP contribution in [0.4, 0.5) is 11.4 Å². The van der Waals surface area contributed by atoms with Gasteiger partial charge in [0, 0.05) is 58.2 Å². The molecule has 0 unspecified atom stereocenters. The number of benzene rings is 4. The molecule has 0 atom stereocenters. The monoisotopic (exact) mass is 814 g/mol. The zero-order valence-corrected chi connectivity index (χ0v) is 32.9. The van der Waals surface area contributed by atoms with Crippen LogP contribution in [-0.2, 0) is 42.5 Å². The van der Waals surface area contributed by atoms with Crippen LogP contribution in [0.1, 0.15) is 44.5 Å². The predicted octanol–water partition coefficient (Wildman–Crippen LogP) is 4.56. The fourth-order valence-electron chi connectivity index (χ4n) is 6.50. The minimum absolute atomic E-state index is 0.141. The smallest absolute Gasteiger partial charge is 0.340 e. The molecule has 0 aliphatic heterocycles. The van der Waals surface area contributed by atoms with Gasteiger partial charge in [-0.3, -0.25) is 19.0 Å². The molecule has 15 nitrogen and oxygen atoms in total. The Bertz CT molecular complexity index is 2770. The van der Waals surface area contributed by atoms with Crippen LogP contribution in [0.15, 0.2) is 91.2 Å². The summed E-state index contributed by atoms with van der Waals surface area (Å²) in [5.74, 6) is -2.92. The van der Waals surface area contributed by atoms with E-state index in [0.29, 0.717) is 55.7 Å². The number of amides is 2. The summed E-state index contributed by atoms with van der Waals surface area (Å²) in [7, 11) is -8.00. The quantitative estimate of drug-likeness (QED) is 0.111. The SMILES string of the molecule is Cc1cc2c(C)c(Cc3cccc(NS(=O)(=O)CC(N)=O)c3)c(=O)oc2cc1Oc1cc2oc(=O)c(Cc3cccc(NS(=O)(=O)CC(N)=O)c3)c(C)c2cc1C. The molecule has 2 heterocycles. The van der Waals surface area contributed by atoms with Crippen LogP contribution in [0.25, 0.3) is 21.9 Å². The van der Waals surface area contributed by atoms with Crippen molar-refractivity contribution < 1.29 is 40.0 Å². The lowest BCUT2D eigenvalue weighted by atomic mass is 9.98. The molecule has 296 valence electrons. The number of ether oxygens (including phenoxy) is 1. The van der Waals surface area contributed by atoms with Crippen molar-refractivity contribution in [3.8, 4) is 11.5 Å². The summed E-state index contributed by atoms with van der Waals surface area (Å²) >= 11 is 0. The van der Waals surface area contributed by atoms with Gasteiger partial charge in [-0.05, 0) is 97.5 Å². The highest BCUT2D eigenvalue weighted by Gasteiger charge is 2.20. The highest BCUT2D eigenvalue weighted by atomic mass is 32.2. The van der Waals surface area contributed by atoms with Gasteiger partial charge in [0.2, 0.25) is 31.9 Å². The van der Waals surface area contributed by atoms with Crippen LogP contribution in [0.5, 0.6) is 11.5 Å². The molecule has 0 saturated heterocycles. The molecule has 0 radical (unpaired) electrons. The maximum Gasteiger partial charge on any atom is 0.340 e. The number of carbonyl (C=O) groups is 2. The molecular weight excluding hydrogens is 777 g/mol. The number of primary amides is 2.